The van der Waals surface area contributed by atoms with Crippen molar-refractivity contribution in [3.63, 3.8) is 0 Å². The summed E-state index contributed by atoms with van der Waals surface area (Å²) in [5.41, 5.74) is 1.30. The molecule has 0 fully saturated rings. The zero-order valence-electron chi connectivity index (χ0n) is 13.4. The van der Waals surface area contributed by atoms with Crippen molar-refractivity contribution in [3.05, 3.63) is 35.1 Å². The first-order valence-corrected chi connectivity index (χ1v) is 7.45. The van der Waals surface area contributed by atoms with Gasteiger partial charge in [0.15, 0.2) is 0 Å². The molecule has 0 aromatic heterocycles. The van der Waals surface area contributed by atoms with Crippen LogP contribution >= 0.6 is 0 Å². The van der Waals surface area contributed by atoms with E-state index in [1.807, 2.05) is 25.1 Å². The smallest absolute Gasteiger partial charge is 0.130 e. The first-order valence-electron chi connectivity index (χ1n) is 7.45. The Morgan fingerprint density at radius 1 is 1.35 bits per heavy atom. The molecule has 1 rings (SSSR count). The van der Waals surface area contributed by atoms with Crippen molar-refractivity contribution in [2.75, 3.05) is 13.7 Å². The fourth-order valence-corrected chi connectivity index (χ4v) is 2.22. The Bertz CT molecular complexity index is 417. The van der Waals surface area contributed by atoms with Gasteiger partial charge < -0.3 is 10.1 Å². The van der Waals surface area contributed by atoms with Gasteiger partial charge >= 0.3 is 0 Å². The van der Waals surface area contributed by atoms with Crippen molar-refractivity contribution < 1.29 is 9.13 Å². The lowest BCUT2D eigenvalue weighted by Crippen LogP contribution is -2.28. The molecule has 20 heavy (non-hydrogen) atoms. The predicted molar refractivity (Wildman–Crippen MR) is 82.5 cm³/mol. The van der Waals surface area contributed by atoms with Gasteiger partial charge in [-0.2, -0.15) is 0 Å². The minimum Gasteiger partial charge on any atom is -0.379 e. The molecule has 114 valence electrons. The fourth-order valence-electron chi connectivity index (χ4n) is 2.22. The molecule has 1 aromatic carbocycles. The Balaban J connectivity index is 2.86. The van der Waals surface area contributed by atoms with Crippen molar-refractivity contribution in [1.82, 2.24) is 5.32 Å². The number of halogens is 1. The molecule has 1 unspecified atom stereocenters. The van der Waals surface area contributed by atoms with Crippen molar-refractivity contribution >= 4 is 0 Å². The molecule has 0 radical (unpaired) electrons. The van der Waals surface area contributed by atoms with Gasteiger partial charge in [0, 0.05) is 18.7 Å². The van der Waals surface area contributed by atoms with Gasteiger partial charge in [-0.05, 0) is 52.1 Å². The second kappa shape index (κ2) is 7.75. The number of aryl methyl sites for hydroxylation is 1. The van der Waals surface area contributed by atoms with E-state index in [-0.39, 0.29) is 17.5 Å². The average molecular weight is 281 g/mol. The summed E-state index contributed by atoms with van der Waals surface area (Å²) in [5, 5.41) is 3.45. The zero-order chi connectivity index (χ0) is 15.2. The van der Waals surface area contributed by atoms with E-state index < -0.39 is 0 Å². The molecule has 0 spiro atoms. The number of benzene rings is 1. The maximum Gasteiger partial charge on any atom is 0.130 e. The van der Waals surface area contributed by atoms with Gasteiger partial charge in [-0.3, -0.25) is 0 Å². The minimum atomic E-state index is -0.174. The van der Waals surface area contributed by atoms with E-state index in [0.717, 1.165) is 31.4 Å². The van der Waals surface area contributed by atoms with Gasteiger partial charge in [0.1, 0.15) is 5.82 Å². The molecule has 1 aromatic rings. The summed E-state index contributed by atoms with van der Waals surface area (Å²) in [7, 11) is 1.72. The highest BCUT2D eigenvalue weighted by molar-refractivity contribution is 5.27. The Morgan fingerprint density at radius 2 is 2.05 bits per heavy atom. The summed E-state index contributed by atoms with van der Waals surface area (Å²) in [5.74, 6) is -0.0867. The molecule has 0 heterocycles. The molecule has 0 aliphatic carbocycles. The van der Waals surface area contributed by atoms with Crippen LogP contribution in [0.15, 0.2) is 18.2 Å². The second-order valence-electron chi connectivity index (χ2n) is 5.99. The summed E-state index contributed by atoms with van der Waals surface area (Å²) in [6.45, 7) is 8.96. The van der Waals surface area contributed by atoms with Gasteiger partial charge in [0.2, 0.25) is 0 Å². The van der Waals surface area contributed by atoms with Gasteiger partial charge in [0.05, 0.1) is 5.60 Å². The highest BCUT2D eigenvalue weighted by atomic mass is 19.1. The van der Waals surface area contributed by atoms with Crippen molar-refractivity contribution in [2.45, 2.75) is 58.6 Å². The van der Waals surface area contributed by atoms with Crippen LogP contribution in [0.25, 0.3) is 0 Å². The van der Waals surface area contributed by atoms with Gasteiger partial charge in [-0.25, -0.2) is 4.39 Å². The predicted octanol–water partition coefficient (Wildman–Crippen LogP) is 4.38. The maximum absolute atomic E-state index is 14.3. The Morgan fingerprint density at radius 3 is 2.65 bits per heavy atom. The first kappa shape index (κ1) is 17.1. The van der Waals surface area contributed by atoms with Crippen LogP contribution in [0.5, 0.6) is 0 Å². The van der Waals surface area contributed by atoms with E-state index in [9.17, 15) is 4.39 Å². The van der Waals surface area contributed by atoms with E-state index in [1.165, 1.54) is 0 Å². The number of rotatable bonds is 8. The lowest BCUT2D eigenvalue weighted by molar-refractivity contribution is 0.0116. The van der Waals surface area contributed by atoms with Crippen LogP contribution in [0.1, 0.15) is 57.2 Å². The van der Waals surface area contributed by atoms with Crippen LogP contribution in [0, 0.1) is 12.7 Å². The zero-order valence-corrected chi connectivity index (χ0v) is 13.4. The molecule has 0 amide bonds. The normalized spacial score (nSPS) is 13.5. The molecule has 1 atom stereocenters. The molecule has 2 nitrogen and oxygen atoms in total. The molecule has 0 aliphatic rings. The third-order valence-electron chi connectivity index (χ3n) is 3.83. The standard InChI is InChI=1S/C17H28FNO/c1-6-12-19-15(10-11-17(3,4)20-5)14-9-7-8-13(2)16(14)18/h7-9,15,19H,6,10-12H2,1-5H3. The SMILES string of the molecule is CCCNC(CCC(C)(C)OC)c1cccc(C)c1F. The van der Waals surface area contributed by atoms with Crippen LogP contribution in [-0.2, 0) is 4.74 Å². The van der Waals surface area contributed by atoms with E-state index in [4.69, 9.17) is 4.74 Å². The van der Waals surface area contributed by atoms with Crippen LogP contribution in [0.3, 0.4) is 0 Å². The first-order chi connectivity index (χ1) is 9.41. The number of nitrogens with one attached hydrogen (secondary N) is 1. The highest BCUT2D eigenvalue weighted by Gasteiger charge is 2.22. The van der Waals surface area contributed by atoms with Crippen molar-refractivity contribution in [1.29, 1.82) is 0 Å². The number of hydrogen-bond acceptors (Lipinski definition) is 2. The van der Waals surface area contributed by atoms with E-state index in [1.54, 1.807) is 7.11 Å². The third kappa shape index (κ3) is 4.88. The van der Waals surface area contributed by atoms with Crippen LogP contribution < -0.4 is 5.32 Å². The van der Waals surface area contributed by atoms with Crippen LogP contribution in [0.4, 0.5) is 4.39 Å². The Kier molecular flexibility index (Phi) is 6.63. The molecule has 1 N–H and O–H groups in total. The number of hydrogen-bond donors (Lipinski definition) is 1. The van der Waals surface area contributed by atoms with E-state index in [2.05, 4.69) is 26.1 Å². The monoisotopic (exact) mass is 281 g/mol. The summed E-state index contributed by atoms with van der Waals surface area (Å²) >= 11 is 0. The summed E-state index contributed by atoms with van der Waals surface area (Å²) in [4.78, 5) is 0. The van der Waals surface area contributed by atoms with Gasteiger partial charge in [-0.1, -0.05) is 25.1 Å². The number of ether oxygens (including phenoxy) is 1. The van der Waals surface area contributed by atoms with Crippen molar-refractivity contribution in [2.24, 2.45) is 0 Å². The maximum atomic E-state index is 14.3. The highest BCUT2D eigenvalue weighted by Crippen LogP contribution is 2.27. The van der Waals surface area contributed by atoms with Crippen molar-refractivity contribution in [3.8, 4) is 0 Å². The van der Waals surface area contributed by atoms with Crippen LogP contribution in [0.2, 0.25) is 0 Å². The van der Waals surface area contributed by atoms with Gasteiger partial charge in [-0.15, -0.1) is 0 Å². The molecule has 0 bridgehead atoms. The van der Waals surface area contributed by atoms with E-state index in [0.29, 0.717) is 5.56 Å². The second-order valence-corrected chi connectivity index (χ2v) is 5.99. The molecular formula is C17H28FNO. The van der Waals surface area contributed by atoms with Crippen LogP contribution in [-0.4, -0.2) is 19.3 Å². The average Bonchev–Trinajstić information content (AvgIpc) is 2.43. The molecule has 0 aliphatic heterocycles. The summed E-state index contributed by atoms with van der Waals surface area (Å²) < 4.78 is 19.8. The quantitative estimate of drug-likeness (QED) is 0.763. The Hall–Kier alpha value is -0.930. The lowest BCUT2D eigenvalue weighted by atomic mass is 9.93. The summed E-state index contributed by atoms with van der Waals surface area (Å²) in [6, 6.07) is 5.67. The number of methoxy groups -OCH3 is 1. The molecule has 0 saturated carbocycles. The molecular weight excluding hydrogens is 253 g/mol. The summed E-state index contributed by atoms with van der Waals surface area (Å²) in [6.07, 6.45) is 2.79. The molecule has 0 saturated heterocycles. The molecule has 3 heteroatoms. The van der Waals surface area contributed by atoms with Gasteiger partial charge in [0.25, 0.3) is 0 Å². The Labute approximate surface area is 122 Å². The largest absolute Gasteiger partial charge is 0.379 e. The van der Waals surface area contributed by atoms with E-state index >= 15 is 0 Å². The topological polar surface area (TPSA) is 21.3 Å². The fraction of sp³-hybridized carbons (Fsp3) is 0.647. The third-order valence-corrected chi connectivity index (χ3v) is 3.83. The lowest BCUT2D eigenvalue weighted by Gasteiger charge is -2.27. The minimum absolute atomic E-state index is 0.0456.